The Labute approximate surface area is 144 Å². The first kappa shape index (κ1) is 17.7. The fraction of sp³-hybridized carbons (Fsp3) is 0.235. The number of nitrogens with zero attached hydrogens (tertiary/aromatic N) is 1. The van der Waals surface area contributed by atoms with Gasteiger partial charge < -0.3 is 14.8 Å². The highest BCUT2D eigenvalue weighted by Gasteiger charge is 2.21. The number of hydrogen-bond acceptors (Lipinski definition) is 5. The molecule has 1 amide bonds. The zero-order valence-electron chi connectivity index (χ0n) is 13.5. The molecule has 2 aromatic rings. The van der Waals surface area contributed by atoms with Crippen molar-refractivity contribution in [1.82, 2.24) is 4.98 Å². The van der Waals surface area contributed by atoms with Crippen molar-refractivity contribution in [1.29, 1.82) is 0 Å². The normalized spacial score (nSPS) is 11.5. The molecule has 7 heteroatoms. The molecule has 2 rings (SSSR count). The Morgan fingerprint density at radius 3 is 2.62 bits per heavy atom. The van der Waals surface area contributed by atoms with Crippen LogP contribution in [0.15, 0.2) is 36.5 Å². The number of aryl methyl sites for hydroxylation is 1. The van der Waals surface area contributed by atoms with E-state index in [2.05, 4.69) is 10.3 Å². The summed E-state index contributed by atoms with van der Waals surface area (Å²) < 4.78 is 10.4. The zero-order valence-corrected chi connectivity index (χ0v) is 14.3. The van der Waals surface area contributed by atoms with E-state index < -0.39 is 18.0 Å². The van der Waals surface area contributed by atoms with E-state index in [4.69, 9.17) is 21.1 Å². The summed E-state index contributed by atoms with van der Waals surface area (Å²) in [5.41, 5.74) is 1.15. The van der Waals surface area contributed by atoms with E-state index in [0.29, 0.717) is 16.6 Å². The van der Waals surface area contributed by atoms with Crippen LogP contribution < -0.4 is 10.1 Å². The predicted molar refractivity (Wildman–Crippen MR) is 90.5 cm³/mol. The Kier molecular flexibility index (Phi) is 5.76. The van der Waals surface area contributed by atoms with Crippen LogP contribution in [0.4, 0.5) is 5.82 Å². The van der Waals surface area contributed by atoms with Gasteiger partial charge in [-0.05, 0) is 38.1 Å². The summed E-state index contributed by atoms with van der Waals surface area (Å²) in [4.78, 5) is 28.3. The van der Waals surface area contributed by atoms with Gasteiger partial charge in [0.1, 0.15) is 17.1 Å². The summed E-state index contributed by atoms with van der Waals surface area (Å²) in [6.45, 7) is 3.32. The molecule has 0 aliphatic heterocycles. The molecular formula is C17H17ClN2O4. The summed E-state index contributed by atoms with van der Waals surface area (Å²) in [6, 6.07) is 8.29. The number of carbonyl (C=O) groups excluding carboxylic acids is 2. The maximum absolute atomic E-state index is 12.3. The van der Waals surface area contributed by atoms with E-state index in [1.165, 1.54) is 20.2 Å². The van der Waals surface area contributed by atoms with Crippen LogP contribution in [0.2, 0.25) is 5.02 Å². The molecule has 24 heavy (non-hydrogen) atoms. The Morgan fingerprint density at radius 1 is 1.25 bits per heavy atom. The number of hydrogen-bond donors (Lipinski definition) is 1. The minimum Gasteiger partial charge on any atom is -0.496 e. The first-order chi connectivity index (χ1) is 11.4. The Morgan fingerprint density at radius 2 is 2.00 bits per heavy atom. The van der Waals surface area contributed by atoms with Crippen molar-refractivity contribution in [3.63, 3.8) is 0 Å². The summed E-state index contributed by atoms with van der Waals surface area (Å²) in [7, 11) is 1.46. The first-order valence-corrected chi connectivity index (χ1v) is 7.56. The lowest BCUT2D eigenvalue weighted by Gasteiger charge is -2.14. The van der Waals surface area contributed by atoms with Gasteiger partial charge in [-0.3, -0.25) is 4.79 Å². The molecule has 0 aliphatic carbocycles. The second-order valence-corrected chi connectivity index (χ2v) is 5.54. The number of pyridine rings is 1. The lowest BCUT2D eigenvalue weighted by molar-refractivity contribution is -0.123. The number of carbonyl (C=O) groups is 2. The topological polar surface area (TPSA) is 77.5 Å². The molecule has 6 nitrogen and oxygen atoms in total. The standard InChI is InChI=1S/C17H17ClN2O4/c1-10-4-6-14(23-3)13(8-10)17(22)24-11(2)16(21)20-15-7-5-12(18)9-19-15/h4-9,11H,1-3H3,(H,19,20,21)/t11-/m0/s1. The molecule has 0 radical (unpaired) electrons. The molecule has 0 saturated carbocycles. The van der Waals surface area contributed by atoms with Gasteiger partial charge in [-0.1, -0.05) is 23.2 Å². The minimum atomic E-state index is -1.000. The van der Waals surface area contributed by atoms with Gasteiger partial charge in [0.2, 0.25) is 0 Å². The average Bonchev–Trinajstić information content (AvgIpc) is 2.56. The predicted octanol–water partition coefficient (Wildman–Crippen LogP) is 3.24. The van der Waals surface area contributed by atoms with E-state index in [1.54, 1.807) is 24.3 Å². The molecule has 0 spiro atoms. The van der Waals surface area contributed by atoms with Crippen LogP contribution in [0.1, 0.15) is 22.8 Å². The first-order valence-electron chi connectivity index (χ1n) is 7.18. The van der Waals surface area contributed by atoms with Crippen LogP contribution in [0, 0.1) is 6.92 Å². The van der Waals surface area contributed by atoms with Crippen LogP contribution in [0.25, 0.3) is 0 Å². The van der Waals surface area contributed by atoms with E-state index in [9.17, 15) is 9.59 Å². The molecule has 1 atom stereocenters. The summed E-state index contributed by atoms with van der Waals surface area (Å²) >= 11 is 5.73. The number of nitrogens with one attached hydrogen (secondary N) is 1. The minimum absolute atomic E-state index is 0.266. The molecule has 1 aromatic heterocycles. The number of anilines is 1. The Balaban J connectivity index is 2.04. The molecule has 0 saturated heterocycles. The molecular weight excluding hydrogens is 332 g/mol. The lowest BCUT2D eigenvalue weighted by atomic mass is 10.1. The fourth-order valence-corrected chi connectivity index (χ4v) is 2.05. The Bertz CT molecular complexity index is 747. The van der Waals surface area contributed by atoms with Crippen molar-refractivity contribution in [3.8, 4) is 5.75 Å². The van der Waals surface area contributed by atoms with Gasteiger partial charge in [0.15, 0.2) is 6.10 Å². The van der Waals surface area contributed by atoms with Crippen molar-refractivity contribution in [2.45, 2.75) is 20.0 Å². The van der Waals surface area contributed by atoms with Crippen molar-refractivity contribution in [3.05, 3.63) is 52.7 Å². The van der Waals surface area contributed by atoms with E-state index >= 15 is 0 Å². The number of amides is 1. The van der Waals surface area contributed by atoms with Crippen LogP contribution in [-0.2, 0) is 9.53 Å². The highest BCUT2D eigenvalue weighted by Crippen LogP contribution is 2.21. The summed E-state index contributed by atoms with van der Waals surface area (Å²) in [6.07, 6.45) is 0.408. The third-order valence-corrected chi connectivity index (χ3v) is 3.43. The number of halogens is 1. The number of ether oxygens (including phenoxy) is 2. The second-order valence-electron chi connectivity index (χ2n) is 5.10. The molecule has 1 heterocycles. The smallest absolute Gasteiger partial charge is 0.342 e. The Hall–Kier alpha value is -2.60. The van der Waals surface area contributed by atoms with Crippen molar-refractivity contribution < 1.29 is 19.1 Å². The van der Waals surface area contributed by atoms with Crippen molar-refractivity contribution in [2.24, 2.45) is 0 Å². The van der Waals surface area contributed by atoms with E-state index in [1.807, 2.05) is 13.0 Å². The third-order valence-electron chi connectivity index (χ3n) is 3.21. The third kappa shape index (κ3) is 4.45. The molecule has 0 bridgehead atoms. The van der Waals surface area contributed by atoms with Gasteiger partial charge in [0, 0.05) is 6.20 Å². The van der Waals surface area contributed by atoms with Gasteiger partial charge in [-0.25, -0.2) is 9.78 Å². The zero-order chi connectivity index (χ0) is 17.7. The summed E-state index contributed by atoms with van der Waals surface area (Å²) in [5.74, 6) is -0.426. The monoisotopic (exact) mass is 348 g/mol. The van der Waals surface area contributed by atoms with Gasteiger partial charge >= 0.3 is 5.97 Å². The highest BCUT2D eigenvalue weighted by molar-refractivity contribution is 6.30. The molecule has 0 fully saturated rings. The maximum atomic E-state index is 12.3. The number of benzene rings is 1. The van der Waals surface area contributed by atoms with Crippen LogP contribution in [0.5, 0.6) is 5.75 Å². The van der Waals surface area contributed by atoms with Gasteiger partial charge in [-0.15, -0.1) is 0 Å². The quantitative estimate of drug-likeness (QED) is 0.839. The van der Waals surface area contributed by atoms with Crippen molar-refractivity contribution >= 4 is 29.3 Å². The molecule has 1 aromatic carbocycles. The molecule has 0 unspecified atom stereocenters. The van der Waals surface area contributed by atoms with Crippen molar-refractivity contribution in [2.75, 3.05) is 12.4 Å². The molecule has 0 aliphatic rings. The van der Waals surface area contributed by atoms with Crippen LogP contribution in [0.3, 0.4) is 0 Å². The van der Waals surface area contributed by atoms with E-state index in [-0.39, 0.29) is 5.56 Å². The van der Waals surface area contributed by atoms with Crippen LogP contribution in [-0.4, -0.2) is 30.1 Å². The lowest BCUT2D eigenvalue weighted by Crippen LogP contribution is -2.30. The maximum Gasteiger partial charge on any atom is 0.342 e. The molecule has 1 N–H and O–H groups in total. The van der Waals surface area contributed by atoms with Crippen LogP contribution >= 0.6 is 11.6 Å². The number of esters is 1. The van der Waals surface area contributed by atoms with E-state index in [0.717, 1.165) is 5.56 Å². The SMILES string of the molecule is COc1ccc(C)cc1C(=O)O[C@@H](C)C(=O)Nc1ccc(Cl)cn1. The van der Waals surface area contributed by atoms with Gasteiger partial charge in [-0.2, -0.15) is 0 Å². The highest BCUT2D eigenvalue weighted by atomic mass is 35.5. The number of aromatic nitrogens is 1. The fourth-order valence-electron chi connectivity index (χ4n) is 1.94. The summed E-state index contributed by atoms with van der Waals surface area (Å²) in [5, 5.41) is 3.01. The number of methoxy groups -OCH3 is 1. The average molecular weight is 349 g/mol. The molecule has 126 valence electrons. The second kappa shape index (κ2) is 7.79. The van der Waals surface area contributed by atoms with Gasteiger partial charge in [0.25, 0.3) is 5.91 Å². The number of rotatable bonds is 5. The van der Waals surface area contributed by atoms with Gasteiger partial charge in [0.05, 0.1) is 12.1 Å². The largest absolute Gasteiger partial charge is 0.496 e.